The average molecular weight is 520 g/mol. The van der Waals surface area contributed by atoms with Gasteiger partial charge in [0.1, 0.15) is 0 Å². The van der Waals surface area contributed by atoms with E-state index in [0.29, 0.717) is 5.92 Å². The first kappa shape index (κ1) is 20.4. The van der Waals surface area contributed by atoms with E-state index in [0.717, 1.165) is 6.42 Å². The molecule has 1 unspecified atom stereocenters. The molecule has 1 atom stereocenters. The first-order valence-corrected chi connectivity index (χ1v) is 13.4. The molecule has 0 spiro atoms. The molecule has 0 amide bonds. The van der Waals surface area contributed by atoms with Crippen LogP contribution in [0.15, 0.2) is 119 Å². The van der Waals surface area contributed by atoms with Gasteiger partial charge in [-0.25, -0.2) is 0 Å². The van der Waals surface area contributed by atoms with Gasteiger partial charge in [0.2, 0.25) is 0 Å². The Morgan fingerprint density at radius 1 is 0.824 bits per heavy atom. The molecule has 0 N–H and O–H groups in total. The lowest BCUT2D eigenvalue weighted by Gasteiger charge is -2.36. The van der Waals surface area contributed by atoms with Gasteiger partial charge in [-0.15, -0.1) is 11.3 Å². The summed E-state index contributed by atoms with van der Waals surface area (Å²) in [5.74, 6) is 0.379. The molecule has 0 bridgehead atoms. The van der Waals surface area contributed by atoms with E-state index in [1.807, 2.05) is 11.3 Å². The Labute approximate surface area is 212 Å². The Morgan fingerprint density at radius 3 is 2.18 bits per heavy atom. The summed E-state index contributed by atoms with van der Waals surface area (Å²) in [6.45, 7) is 2.28. The van der Waals surface area contributed by atoms with Crippen molar-refractivity contribution in [1.82, 2.24) is 0 Å². The summed E-state index contributed by atoms with van der Waals surface area (Å²) in [5.41, 5.74) is 8.29. The lowest BCUT2D eigenvalue weighted by molar-refractivity contribution is 0.682. The quantitative estimate of drug-likeness (QED) is 0.218. The van der Waals surface area contributed by atoms with Crippen LogP contribution in [0, 0.1) is 0 Å². The van der Waals surface area contributed by atoms with Gasteiger partial charge < -0.3 is 0 Å². The van der Waals surface area contributed by atoms with Gasteiger partial charge >= 0.3 is 0 Å². The van der Waals surface area contributed by atoms with Crippen molar-refractivity contribution in [2.75, 3.05) is 0 Å². The van der Waals surface area contributed by atoms with E-state index in [9.17, 15) is 0 Å². The standard InChI is InChI=1S/C32H23BrS/c1-20-16-17-25-24(18-20)29-26(19-27(33)30-23-14-8-9-15-28(23)34-31(29)30)32(25,21-10-4-2-5-11-21)22-12-6-3-7-13-22/h2-17,19,24H,18H2,1H3. The van der Waals surface area contributed by atoms with Crippen LogP contribution in [0.2, 0.25) is 0 Å². The van der Waals surface area contributed by atoms with Gasteiger partial charge in [0.05, 0.1) is 5.41 Å². The van der Waals surface area contributed by atoms with Gasteiger partial charge in [-0.3, -0.25) is 0 Å². The zero-order chi connectivity index (χ0) is 22.9. The van der Waals surface area contributed by atoms with Crippen LogP contribution in [-0.4, -0.2) is 0 Å². The first-order chi connectivity index (χ1) is 16.7. The third kappa shape index (κ3) is 2.64. The monoisotopic (exact) mass is 518 g/mol. The van der Waals surface area contributed by atoms with Crippen molar-refractivity contribution in [2.24, 2.45) is 0 Å². The largest absolute Gasteiger partial charge is 0.135 e. The maximum Gasteiger partial charge on any atom is 0.0674 e. The van der Waals surface area contributed by atoms with Gasteiger partial charge in [-0.1, -0.05) is 113 Å². The van der Waals surface area contributed by atoms with Crippen LogP contribution in [0.1, 0.15) is 41.5 Å². The van der Waals surface area contributed by atoms with Gasteiger partial charge in [0.15, 0.2) is 0 Å². The molecule has 4 aromatic carbocycles. The fraction of sp³-hybridized carbons (Fsp3) is 0.125. The van der Waals surface area contributed by atoms with E-state index in [-0.39, 0.29) is 5.41 Å². The Kier molecular flexibility index (Phi) is 4.53. The molecule has 0 fully saturated rings. The molecule has 5 aromatic rings. The van der Waals surface area contributed by atoms with Crippen molar-refractivity contribution >= 4 is 47.4 Å². The maximum absolute atomic E-state index is 4.03. The Balaban J connectivity index is 1.70. The number of fused-ring (bicyclic) bond motifs is 7. The van der Waals surface area contributed by atoms with Gasteiger partial charge in [-0.05, 0) is 53.3 Å². The van der Waals surface area contributed by atoms with E-state index in [1.165, 1.54) is 58.0 Å². The minimum absolute atomic E-state index is 0.299. The van der Waals surface area contributed by atoms with E-state index >= 15 is 0 Å². The molecule has 1 aromatic heterocycles. The second kappa shape index (κ2) is 7.53. The summed E-state index contributed by atoms with van der Waals surface area (Å²) in [4.78, 5) is 0. The fourth-order valence-corrected chi connectivity index (χ4v) is 8.46. The number of allylic oxidation sites excluding steroid dienone is 4. The molecular weight excluding hydrogens is 496 g/mol. The average Bonchev–Trinajstić information content (AvgIpc) is 3.39. The minimum Gasteiger partial charge on any atom is -0.135 e. The van der Waals surface area contributed by atoms with Gasteiger partial charge in [0.25, 0.3) is 0 Å². The van der Waals surface area contributed by atoms with Gasteiger partial charge in [-0.2, -0.15) is 0 Å². The van der Waals surface area contributed by atoms with E-state index < -0.39 is 0 Å². The molecule has 2 aliphatic carbocycles. The number of hydrogen-bond donors (Lipinski definition) is 0. The van der Waals surface area contributed by atoms with E-state index in [2.05, 4.69) is 126 Å². The molecule has 0 aliphatic heterocycles. The second-order valence-corrected chi connectivity index (χ2v) is 11.4. The lowest BCUT2D eigenvalue weighted by atomic mass is 9.66. The van der Waals surface area contributed by atoms with Crippen molar-refractivity contribution in [3.63, 3.8) is 0 Å². The summed E-state index contributed by atoms with van der Waals surface area (Å²) < 4.78 is 3.99. The third-order valence-corrected chi connectivity index (χ3v) is 9.52. The lowest BCUT2D eigenvalue weighted by Crippen LogP contribution is -2.29. The minimum atomic E-state index is -0.299. The zero-order valence-corrected chi connectivity index (χ0v) is 21.3. The fourth-order valence-electron chi connectivity index (χ4n) is 6.36. The Morgan fingerprint density at radius 2 is 1.47 bits per heavy atom. The Bertz CT molecular complexity index is 1600. The Hall–Kier alpha value is -2.94. The third-order valence-electron chi connectivity index (χ3n) is 7.69. The summed E-state index contributed by atoms with van der Waals surface area (Å²) in [6, 6.07) is 33.5. The van der Waals surface area contributed by atoms with Crippen LogP contribution in [0.3, 0.4) is 0 Å². The first-order valence-electron chi connectivity index (χ1n) is 11.8. The number of thiophene rings is 1. The van der Waals surface area contributed by atoms with Crippen LogP contribution >= 0.6 is 27.3 Å². The molecule has 2 aliphatic rings. The predicted octanol–water partition coefficient (Wildman–Crippen LogP) is 9.52. The maximum atomic E-state index is 4.03. The number of rotatable bonds is 2. The highest BCUT2D eigenvalue weighted by Gasteiger charge is 2.51. The zero-order valence-electron chi connectivity index (χ0n) is 18.9. The van der Waals surface area contributed by atoms with Crippen LogP contribution in [0.25, 0.3) is 20.2 Å². The number of benzene rings is 4. The topological polar surface area (TPSA) is 0 Å². The summed E-state index contributed by atoms with van der Waals surface area (Å²) >= 11 is 5.99. The molecule has 34 heavy (non-hydrogen) atoms. The molecule has 0 saturated heterocycles. The molecule has 1 heterocycles. The van der Waals surface area contributed by atoms with Crippen molar-refractivity contribution in [3.8, 4) is 0 Å². The highest BCUT2D eigenvalue weighted by atomic mass is 79.9. The van der Waals surface area contributed by atoms with Crippen molar-refractivity contribution in [1.29, 1.82) is 0 Å². The summed E-state index contributed by atoms with van der Waals surface area (Å²) in [7, 11) is 0. The van der Waals surface area contributed by atoms with Crippen LogP contribution in [0.5, 0.6) is 0 Å². The predicted molar refractivity (Wildman–Crippen MR) is 149 cm³/mol. The highest BCUT2D eigenvalue weighted by Crippen LogP contribution is 2.63. The van der Waals surface area contributed by atoms with Gasteiger partial charge in [0, 0.05) is 30.6 Å². The van der Waals surface area contributed by atoms with Crippen LogP contribution in [-0.2, 0) is 5.41 Å². The normalized spacial score (nSPS) is 18.5. The molecule has 0 nitrogen and oxygen atoms in total. The van der Waals surface area contributed by atoms with E-state index in [4.69, 9.17) is 0 Å². The molecule has 0 radical (unpaired) electrons. The number of halogens is 1. The van der Waals surface area contributed by atoms with Crippen LogP contribution in [0.4, 0.5) is 0 Å². The highest BCUT2D eigenvalue weighted by molar-refractivity contribution is 9.10. The van der Waals surface area contributed by atoms with E-state index in [1.54, 1.807) is 0 Å². The van der Waals surface area contributed by atoms with Crippen LogP contribution < -0.4 is 0 Å². The summed E-state index contributed by atoms with van der Waals surface area (Å²) in [6.07, 6.45) is 5.84. The summed E-state index contributed by atoms with van der Waals surface area (Å²) in [5, 5.41) is 2.71. The molecular formula is C32H23BrS. The smallest absolute Gasteiger partial charge is 0.0674 e. The van der Waals surface area contributed by atoms with Crippen molar-refractivity contribution in [2.45, 2.75) is 24.7 Å². The van der Waals surface area contributed by atoms with Crippen molar-refractivity contribution in [3.05, 3.63) is 141 Å². The molecule has 164 valence electrons. The second-order valence-electron chi connectivity index (χ2n) is 9.50. The number of hydrogen-bond acceptors (Lipinski definition) is 1. The molecule has 2 heteroatoms. The molecule has 7 rings (SSSR count). The SMILES string of the molecule is CC1=CC=C2C(C1)c1c(cc(Br)c3c1sc1ccccc13)C2(c1ccccc1)c1ccccc1. The molecule has 0 saturated carbocycles. The van der Waals surface area contributed by atoms with Crippen molar-refractivity contribution < 1.29 is 0 Å².